The minimum atomic E-state index is 0.912. The van der Waals surface area contributed by atoms with Crippen LogP contribution in [0.5, 0.6) is 0 Å². The van der Waals surface area contributed by atoms with Gasteiger partial charge in [-0.1, -0.05) is 54.6 Å². The number of fused-ring (bicyclic) bond motifs is 10. The van der Waals surface area contributed by atoms with Gasteiger partial charge in [0.15, 0.2) is 0 Å². The van der Waals surface area contributed by atoms with Crippen LogP contribution in [0, 0.1) is 0 Å². The second-order valence-electron chi connectivity index (χ2n) is 8.95. The van der Waals surface area contributed by atoms with Gasteiger partial charge < -0.3 is 9.13 Å². The van der Waals surface area contributed by atoms with Crippen molar-refractivity contribution in [3.63, 3.8) is 0 Å². The van der Waals surface area contributed by atoms with E-state index >= 15 is 0 Å². The lowest BCUT2D eigenvalue weighted by Gasteiger charge is -2.13. The summed E-state index contributed by atoms with van der Waals surface area (Å²) in [6, 6.07) is 31.8. The number of hydrogen-bond donors (Lipinski definition) is 0. The molecule has 0 aliphatic carbocycles. The van der Waals surface area contributed by atoms with Crippen LogP contribution in [0.1, 0.15) is 0 Å². The summed E-state index contributed by atoms with van der Waals surface area (Å²) in [6.07, 6.45) is 7.33. The van der Waals surface area contributed by atoms with Crippen LogP contribution in [0.4, 0.5) is 0 Å². The van der Waals surface area contributed by atoms with Gasteiger partial charge in [0.25, 0.3) is 0 Å². The van der Waals surface area contributed by atoms with E-state index < -0.39 is 0 Å². The molecule has 0 spiro atoms. The molecule has 5 heteroatoms. The molecule has 5 nitrogen and oxygen atoms in total. The second kappa shape index (κ2) is 7.23. The Morgan fingerprint density at radius 2 is 1.00 bits per heavy atom. The Kier molecular flexibility index (Phi) is 3.88. The molecule has 0 radical (unpaired) electrons. The van der Waals surface area contributed by atoms with Crippen molar-refractivity contribution >= 4 is 54.6 Å². The number of hydrogen-bond acceptors (Lipinski definition) is 3. The number of aromatic nitrogens is 5. The van der Waals surface area contributed by atoms with E-state index in [4.69, 9.17) is 9.97 Å². The first-order valence-electron chi connectivity index (χ1n) is 12.0. The lowest BCUT2D eigenvalue weighted by Crippen LogP contribution is -1.99. The predicted octanol–water partition coefficient (Wildman–Crippen LogP) is 7.22. The summed E-state index contributed by atoms with van der Waals surface area (Å²) in [5.41, 5.74) is 8.42. The maximum atomic E-state index is 4.91. The second-order valence-corrected chi connectivity index (χ2v) is 8.95. The number of benzene rings is 4. The van der Waals surface area contributed by atoms with E-state index in [2.05, 4.69) is 99.0 Å². The largest absolute Gasteiger partial charge is 0.307 e. The zero-order chi connectivity index (χ0) is 23.6. The number of para-hydroxylation sites is 3. The van der Waals surface area contributed by atoms with E-state index in [1.165, 1.54) is 0 Å². The number of pyridine rings is 1. The highest BCUT2D eigenvalue weighted by atomic mass is 15.1. The topological polar surface area (TPSA) is 48.5 Å². The summed E-state index contributed by atoms with van der Waals surface area (Å²) in [5, 5.41) is 4.52. The molecule has 0 N–H and O–H groups in total. The molecule has 36 heavy (non-hydrogen) atoms. The Bertz CT molecular complexity index is 1930. The molecule has 4 aromatic carbocycles. The molecule has 0 saturated carbocycles. The summed E-state index contributed by atoms with van der Waals surface area (Å²) >= 11 is 0. The first-order chi connectivity index (χ1) is 17.9. The molecule has 0 unspecified atom stereocenters. The van der Waals surface area contributed by atoms with Gasteiger partial charge in [0.05, 0.1) is 45.0 Å². The van der Waals surface area contributed by atoms with E-state index in [-0.39, 0.29) is 0 Å². The average Bonchev–Trinajstić information content (AvgIpc) is 3.48. The van der Waals surface area contributed by atoms with Gasteiger partial charge in [-0.05, 0) is 36.4 Å². The summed E-state index contributed by atoms with van der Waals surface area (Å²) in [7, 11) is 0. The van der Waals surface area contributed by atoms with E-state index in [0.29, 0.717) is 0 Å². The van der Waals surface area contributed by atoms with Crippen LogP contribution in [-0.2, 0) is 0 Å². The molecule has 4 aromatic heterocycles. The molecule has 8 aromatic rings. The third-order valence-electron chi connectivity index (χ3n) is 7.06. The van der Waals surface area contributed by atoms with Crippen LogP contribution < -0.4 is 0 Å². The van der Waals surface area contributed by atoms with Crippen molar-refractivity contribution in [1.29, 1.82) is 0 Å². The van der Waals surface area contributed by atoms with Gasteiger partial charge in [-0.15, -0.1) is 0 Å². The summed E-state index contributed by atoms with van der Waals surface area (Å²) < 4.78 is 4.69. The fourth-order valence-corrected chi connectivity index (χ4v) is 5.71. The first-order valence-corrected chi connectivity index (χ1v) is 12.0. The molecule has 0 aliphatic heterocycles. The lowest BCUT2D eigenvalue weighted by molar-refractivity contribution is 1.13. The van der Waals surface area contributed by atoms with Crippen LogP contribution in [0.25, 0.3) is 66.0 Å². The number of nitrogens with zero attached hydrogens (tertiary/aromatic N) is 5. The van der Waals surface area contributed by atoms with Crippen molar-refractivity contribution in [1.82, 2.24) is 24.1 Å². The molecular formula is C31H19N5. The Hall–Kier alpha value is -5.03. The van der Waals surface area contributed by atoms with Crippen LogP contribution in [0.15, 0.2) is 116 Å². The van der Waals surface area contributed by atoms with Crippen LogP contribution in [0.2, 0.25) is 0 Å². The summed E-state index contributed by atoms with van der Waals surface area (Å²) in [6.45, 7) is 0. The van der Waals surface area contributed by atoms with Gasteiger partial charge in [-0.2, -0.15) is 0 Å². The highest BCUT2D eigenvalue weighted by molar-refractivity contribution is 6.34. The lowest BCUT2D eigenvalue weighted by atomic mass is 10.1. The third-order valence-corrected chi connectivity index (χ3v) is 7.06. The maximum Gasteiger partial charge on any atom is 0.0994 e. The fourth-order valence-electron chi connectivity index (χ4n) is 5.71. The SMILES string of the molecule is c1ccc(-n2c3ccccc3c3c4nccnc4c4c5ccccc5n(-c5cccnc5)c4c32)cc1. The molecule has 0 amide bonds. The highest BCUT2D eigenvalue weighted by Gasteiger charge is 2.25. The molecule has 0 aliphatic rings. The van der Waals surface area contributed by atoms with E-state index in [1.807, 2.05) is 18.5 Å². The van der Waals surface area contributed by atoms with Crippen LogP contribution in [0.3, 0.4) is 0 Å². The molecule has 0 atom stereocenters. The average molecular weight is 462 g/mol. The van der Waals surface area contributed by atoms with Gasteiger partial charge in [0.1, 0.15) is 0 Å². The van der Waals surface area contributed by atoms with Gasteiger partial charge >= 0.3 is 0 Å². The molecule has 8 rings (SSSR count). The Labute approximate surface area is 205 Å². The van der Waals surface area contributed by atoms with E-state index in [0.717, 1.165) is 66.0 Å². The van der Waals surface area contributed by atoms with Gasteiger partial charge in [0.2, 0.25) is 0 Å². The monoisotopic (exact) mass is 461 g/mol. The van der Waals surface area contributed by atoms with Crippen molar-refractivity contribution in [3.8, 4) is 11.4 Å². The Balaban J connectivity index is 1.79. The highest BCUT2D eigenvalue weighted by Crippen LogP contribution is 2.45. The Morgan fingerprint density at radius 1 is 0.472 bits per heavy atom. The smallest absolute Gasteiger partial charge is 0.0994 e. The van der Waals surface area contributed by atoms with Crippen molar-refractivity contribution in [2.24, 2.45) is 0 Å². The predicted molar refractivity (Wildman–Crippen MR) is 146 cm³/mol. The first kappa shape index (κ1) is 19.3. The zero-order valence-corrected chi connectivity index (χ0v) is 19.2. The maximum absolute atomic E-state index is 4.91. The van der Waals surface area contributed by atoms with Gasteiger partial charge in [0, 0.05) is 45.8 Å². The molecule has 0 fully saturated rings. The quantitative estimate of drug-likeness (QED) is 0.273. The van der Waals surface area contributed by atoms with E-state index in [9.17, 15) is 0 Å². The standard InChI is InChI=1S/C31H19N5/c1-2-9-20(10-3-1)35-24-14-6-4-12-22(24)26-28-29(34-18-17-33-28)27-23-13-5-7-15-25(23)36(31(27)30(26)35)21-11-8-16-32-19-21/h1-19H. The summed E-state index contributed by atoms with van der Waals surface area (Å²) in [5.74, 6) is 0. The van der Waals surface area contributed by atoms with Crippen molar-refractivity contribution in [2.45, 2.75) is 0 Å². The van der Waals surface area contributed by atoms with Crippen molar-refractivity contribution in [2.75, 3.05) is 0 Å². The third kappa shape index (κ3) is 2.46. The molecule has 4 heterocycles. The minimum Gasteiger partial charge on any atom is -0.307 e. The molecule has 0 bridgehead atoms. The van der Waals surface area contributed by atoms with Crippen molar-refractivity contribution in [3.05, 3.63) is 116 Å². The normalized spacial score (nSPS) is 11.9. The van der Waals surface area contributed by atoms with Crippen molar-refractivity contribution < 1.29 is 0 Å². The van der Waals surface area contributed by atoms with Gasteiger partial charge in [-0.25, -0.2) is 0 Å². The van der Waals surface area contributed by atoms with Gasteiger partial charge in [-0.3, -0.25) is 15.0 Å². The van der Waals surface area contributed by atoms with E-state index in [1.54, 1.807) is 12.4 Å². The van der Waals surface area contributed by atoms with Crippen LogP contribution in [-0.4, -0.2) is 24.1 Å². The molecule has 0 saturated heterocycles. The molecular weight excluding hydrogens is 442 g/mol. The Morgan fingerprint density at radius 3 is 1.58 bits per heavy atom. The summed E-state index contributed by atoms with van der Waals surface area (Å²) in [4.78, 5) is 14.3. The minimum absolute atomic E-state index is 0.912. The fraction of sp³-hybridized carbons (Fsp3) is 0. The van der Waals surface area contributed by atoms with Crippen LogP contribution >= 0.6 is 0 Å². The zero-order valence-electron chi connectivity index (χ0n) is 19.2. The molecule has 168 valence electrons. The number of rotatable bonds is 2.